The van der Waals surface area contributed by atoms with Gasteiger partial charge in [0.25, 0.3) is 5.91 Å². The van der Waals surface area contributed by atoms with Crippen LogP contribution in [0.4, 0.5) is 0 Å². The second kappa shape index (κ2) is 5.57. The Balaban J connectivity index is 2.12. The predicted molar refractivity (Wildman–Crippen MR) is 78.7 cm³/mol. The van der Waals surface area contributed by atoms with Crippen molar-refractivity contribution in [3.05, 3.63) is 48.0 Å². The molecule has 0 amide bonds. The molecule has 0 N–H and O–H groups in total. The Bertz CT molecular complexity index is 565. The standard InChI is InChI=1S/C16H21N3O/c1-12(15(20)19-11-17-10-18-19)14-7-5-13(6-8-14)9-16(2,3)4/h5-8,10-12H,9H2,1-4H3/t12-/m0/s1. The predicted octanol–water partition coefficient (Wildman–Crippen LogP) is 3.31. The Morgan fingerprint density at radius 1 is 1.25 bits per heavy atom. The Kier molecular flexibility index (Phi) is 4.02. The molecule has 0 spiro atoms. The topological polar surface area (TPSA) is 47.8 Å². The molecule has 106 valence electrons. The molecule has 0 aliphatic heterocycles. The summed E-state index contributed by atoms with van der Waals surface area (Å²) in [6.45, 7) is 8.55. The van der Waals surface area contributed by atoms with E-state index in [1.54, 1.807) is 0 Å². The van der Waals surface area contributed by atoms with Gasteiger partial charge in [-0.15, -0.1) is 0 Å². The minimum absolute atomic E-state index is 0.0638. The van der Waals surface area contributed by atoms with Gasteiger partial charge in [-0.3, -0.25) is 4.79 Å². The Labute approximate surface area is 119 Å². The first-order chi connectivity index (χ1) is 9.37. The molecule has 0 bridgehead atoms. The molecule has 1 atom stereocenters. The SMILES string of the molecule is C[C@H](C(=O)n1cncn1)c1ccc(CC(C)(C)C)cc1. The normalized spacial score (nSPS) is 13.2. The van der Waals surface area contributed by atoms with Crippen molar-refractivity contribution in [2.45, 2.75) is 40.0 Å². The first kappa shape index (κ1) is 14.4. The third-order valence-corrected chi connectivity index (χ3v) is 3.23. The first-order valence-corrected chi connectivity index (χ1v) is 6.84. The van der Waals surface area contributed by atoms with Gasteiger partial charge in [-0.2, -0.15) is 9.78 Å². The molecule has 0 saturated carbocycles. The fraction of sp³-hybridized carbons (Fsp3) is 0.438. The highest BCUT2D eigenvalue weighted by Crippen LogP contribution is 2.23. The number of nitrogens with zero attached hydrogens (tertiary/aromatic N) is 3. The van der Waals surface area contributed by atoms with Crippen molar-refractivity contribution in [2.24, 2.45) is 5.41 Å². The monoisotopic (exact) mass is 271 g/mol. The van der Waals surface area contributed by atoms with E-state index in [2.05, 4.69) is 43.0 Å². The molecule has 1 heterocycles. The third-order valence-electron chi connectivity index (χ3n) is 3.23. The maximum atomic E-state index is 12.2. The van der Waals surface area contributed by atoms with E-state index in [0.717, 1.165) is 12.0 Å². The summed E-state index contributed by atoms with van der Waals surface area (Å²) in [5.74, 6) is -0.286. The van der Waals surface area contributed by atoms with Gasteiger partial charge in [0.1, 0.15) is 12.7 Å². The van der Waals surface area contributed by atoms with Crippen LogP contribution in [-0.4, -0.2) is 20.7 Å². The zero-order chi connectivity index (χ0) is 14.8. The van der Waals surface area contributed by atoms with Crippen LogP contribution in [0.15, 0.2) is 36.9 Å². The van der Waals surface area contributed by atoms with Crippen molar-refractivity contribution in [2.75, 3.05) is 0 Å². The van der Waals surface area contributed by atoms with Crippen molar-refractivity contribution >= 4 is 5.91 Å². The molecular weight excluding hydrogens is 250 g/mol. The highest BCUT2D eigenvalue weighted by Gasteiger charge is 2.18. The minimum atomic E-state index is -0.222. The lowest BCUT2D eigenvalue weighted by Crippen LogP contribution is -2.18. The maximum absolute atomic E-state index is 12.2. The van der Waals surface area contributed by atoms with Crippen LogP contribution in [0.2, 0.25) is 0 Å². The Morgan fingerprint density at radius 2 is 1.90 bits per heavy atom. The summed E-state index contributed by atoms with van der Waals surface area (Å²) in [5.41, 5.74) is 2.56. The van der Waals surface area contributed by atoms with Gasteiger partial charge in [-0.1, -0.05) is 45.0 Å². The van der Waals surface area contributed by atoms with Gasteiger partial charge in [0.15, 0.2) is 0 Å². The summed E-state index contributed by atoms with van der Waals surface area (Å²) < 4.78 is 1.29. The van der Waals surface area contributed by atoms with Crippen LogP contribution in [0.3, 0.4) is 0 Å². The van der Waals surface area contributed by atoms with Gasteiger partial charge < -0.3 is 0 Å². The van der Waals surface area contributed by atoms with Gasteiger partial charge >= 0.3 is 0 Å². The molecule has 0 fully saturated rings. The average Bonchev–Trinajstić information content (AvgIpc) is 2.90. The molecule has 20 heavy (non-hydrogen) atoms. The van der Waals surface area contributed by atoms with Crippen molar-refractivity contribution in [3.63, 3.8) is 0 Å². The van der Waals surface area contributed by atoms with E-state index in [4.69, 9.17) is 0 Å². The molecule has 0 aliphatic carbocycles. The maximum Gasteiger partial charge on any atom is 0.255 e. The van der Waals surface area contributed by atoms with Gasteiger partial charge in [0.05, 0.1) is 5.92 Å². The van der Waals surface area contributed by atoms with E-state index in [1.807, 2.05) is 19.1 Å². The zero-order valence-corrected chi connectivity index (χ0v) is 12.5. The van der Waals surface area contributed by atoms with Gasteiger partial charge in [0, 0.05) is 0 Å². The molecule has 0 radical (unpaired) electrons. The number of benzene rings is 1. The lowest BCUT2D eigenvalue weighted by Gasteiger charge is -2.18. The molecule has 0 unspecified atom stereocenters. The quantitative estimate of drug-likeness (QED) is 0.860. The van der Waals surface area contributed by atoms with Gasteiger partial charge in [-0.25, -0.2) is 4.98 Å². The number of carbonyl (C=O) groups excluding carboxylic acids is 1. The van der Waals surface area contributed by atoms with Crippen LogP contribution in [0.1, 0.15) is 49.5 Å². The van der Waals surface area contributed by atoms with Gasteiger partial charge in [0.2, 0.25) is 0 Å². The Morgan fingerprint density at radius 3 is 2.40 bits per heavy atom. The number of aromatic nitrogens is 3. The van der Waals surface area contributed by atoms with E-state index in [1.165, 1.54) is 22.9 Å². The van der Waals surface area contributed by atoms with E-state index >= 15 is 0 Å². The summed E-state index contributed by atoms with van der Waals surface area (Å²) in [6, 6.07) is 8.26. The lowest BCUT2D eigenvalue weighted by molar-refractivity contribution is 0.0868. The van der Waals surface area contributed by atoms with Crippen LogP contribution >= 0.6 is 0 Å². The van der Waals surface area contributed by atoms with E-state index in [9.17, 15) is 4.79 Å². The largest absolute Gasteiger partial charge is 0.272 e. The van der Waals surface area contributed by atoms with Crippen molar-refractivity contribution in [1.82, 2.24) is 14.8 Å². The van der Waals surface area contributed by atoms with Crippen LogP contribution in [0, 0.1) is 5.41 Å². The fourth-order valence-corrected chi connectivity index (χ4v) is 2.20. The van der Waals surface area contributed by atoms with Crippen LogP contribution in [0.25, 0.3) is 0 Å². The molecule has 1 aromatic carbocycles. The number of rotatable bonds is 3. The molecule has 4 nitrogen and oxygen atoms in total. The molecule has 0 saturated heterocycles. The molecule has 2 aromatic rings. The second-order valence-corrected chi connectivity index (χ2v) is 6.38. The summed E-state index contributed by atoms with van der Waals surface area (Å²) in [7, 11) is 0. The van der Waals surface area contributed by atoms with Crippen LogP contribution < -0.4 is 0 Å². The van der Waals surface area contributed by atoms with Crippen LogP contribution in [-0.2, 0) is 6.42 Å². The summed E-state index contributed by atoms with van der Waals surface area (Å²) in [4.78, 5) is 16.0. The molecule has 4 heteroatoms. The van der Waals surface area contributed by atoms with E-state index < -0.39 is 0 Å². The second-order valence-electron chi connectivity index (χ2n) is 6.38. The molecular formula is C16H21N3O. The summed E-state index contributed by atoms with van der Waals surface area (Å²) >= 11 is 0. The fourth-order valence-electron chi connectivity index (χ4n) is 2.20. The van der Waals surface area contributed by atoms with E-state index in [0.29, 0.717) is 0 Å². The molecule has 2 rings (SSSR count). The van der Waals surface area contributed by atoms with Crippen molar-refractivity contribution < 1.29 is 4.79 Å². The smallest absolute Gasteiger partial charge is 0.255 e. The highest BCUT2D eigenvalue weighted by molar-refractivity contribution is 5.84. The van der Waals surface area contributed by atoms with Crippen LogP contribution in [0.5, 0.6) is 0 Å². The lowest BCUT2D eigenvalue weighted by atomic mass is 9.87. The molecule has 1 aromatic heterocycles. The third kappa shape index (κ3) is 3.53. The van der Waals surface area contributed by atoms with Crippen molar-refractivity contribution in [1.29, 1.82) is 0 Å². The zero-order valence-electron chi connectivity index (χ0n) is 12.5. The highest BCUT2D eigenvalue weighted by atomic mass is 16.2. The van der Waals surface area contributed by atoms with E-state index in [-0.39, 0.29) is 17.2 Å². The Hall–Kier alpha value is -1.97. The number of hydrogen-bond acceptors (Lipinski definition) is 3. The van der Waals surface area contributed by atoms with Crippen molar-refractivity contribution in [3.8, 4) is 0 Å². The summed E-state index contributed by atoms with van der Waals surface area (Å²) in [6.07, 6.45) is 3.84. The minimum Gasteiger partial charge on any atom is -0.272 e. The number of hydrogen-bond donors (Lipinski definition) is 0. The summed E-state index contributed by atoms with van der Waals surface area (Å²) in [5, 5.41) is 3.88. The average molecular weight is 271 g/mol. The molecule has 0 aliphatic rings. The first-order valence-electron chi connectivity index (χ1n) is 6.84. The number of carbonyl (C=O) groups is 1. The van der Waals surface area contributed by atoms with Gasteiger partial charge in [-0.05, 0) is 29.9 Å².